The van der Waals surface area contributed by atoms with E-state index in [1.54, 1.807) is 7.11 Å². The number of benzene rings is 1. The number of allylic oxidation sites excluding steroid dienone is 5. The van der Waals surface area contributed by atoms with Gasteiger partial charge in [-0.05, 0) is 82.2 Å². The van der Waals surface area contributed by atoms with Gasteiger partial charge in [0.1, 0.15) is 12.0 Å². The van der Waals surface area contributed by atoms with Crippen molar-refractivity contribution >= 4 is 11.4 Å². The zero-order valence-electron chi connectivity index (χ0n) is 21.4. The Labute approximate surface area is 205 Å². The molecule has 0 radical (unpaired) electrons. The number of fused-ring (bicyclic) bond motifs is 1. The topological polar surface area (TPSA) is 56.8 Å². The fourth-order valence-corrected chi connectivity index (χ4v) is 5.58. The summed E-state index contributed by atoms with van der Waals surface area (Å²) in [5, 5.41) is 19.0. The minimum absolute atomic E-state index is 0.0593. The van der Waals surface area contributed by atoms with Gasteiger partial charge in [-0.2, -0.15) is 0 Å². The number of hydrogen-bond acceptors (Lipinski definition) is 5. The molecule has 5 heteroatoms. The summed E-state index contributed by atoms with van der Waals surface area (Å²) in [7, 11) is 1.70. The number of methoxy groups -OCH3 is 1. The van der Waals surface area contributed by atoms with E-state index in [-0.39, 0.29) is 11.5 Å². The predicted octanol–water partition coefficient (Wildman–Crippen LogP) is 5.97. The molecule has 0 aromatic heterocycles. The van der Waals surface area contributed by atoms with Gasteiger partial charge in [0, 0.05) is 24.7 Å². The van der Waals surface area contributed by atoms with E-state index >= 15 is 0 Å². The number of anilines is 2. The normalized spacial score (nSPS) is 25.2. The number of piperidine rings is 1. The van der Waals surface area contributed by atoms with Crippen LogP contribution in [0.4, 0.5) is 11.4 Å². The van der Waals surface area contributed by atoms with Crippen molar-refractivity contribution in [2.75, 3.05) is 30.8 Å². The Morgan fingerprint density at radius 3 is 2.68 bits per heavy atom. The smallest absolute Gasteiger partial charge is 0.115 e. The van der Waals surface area contributed by atoms with Crippen molar-refractivity contribution < 1.29 is 9.84 Å². The van der Waals surface area contributed by atoms with Crippen LogP contribution in [0.5, 0.6) is 0 Å². The first-order valence-electron chi connectivity index (χ1n) is 12.7. The molecule has 0 saturated carbocycles. The molecular formula is C29H41N3O2. The SMILES string of the molecule is CC=CC(/C=C1\Nc2ccc(C)cc2NC12CCN(C(O)C1C=C(OC)C=C(C)C1)CC2)CC. The average Bonchev–Trinajstić information content (AvgIpc) is 2.83. The molecule has 1 aliphatic carbocycles. The van der Waals surface area contributed by atoms with Crippen LogP contribution in [0, 0.1) is 18.8 Å². The van der Waals surface area contributed by atoms with Gasteiger partial charge in [0.05, 0.1) is 24.0 Å². The molecule has 5 nitrogen and oxygen atoms in total. The zero-order chi connectivity index (χ0) is 24.3. The highest BCUT2D eigenvalue weighted by molar-refractivity contribution is 5.77. The summed E-state index contributed by atoms with van der Waals surface area (Å²) in [5.74, 6) is 1.31. The van der Waals surface area contributed by atoms with Crippen molar-refractivity contribution in [2.24, 2.45) is 11.8 Å². The lowest BCUT2D eigenvalue weighted by atomic mass is 9.79. The molecule has 184 valence electrons. The van der Waals surface area contributed by atoms with Gasteiger partial charge in [0.2, 0.25) is 0 Å². The molecule has 2 heterocycles. The van der Waals surface area contributed by atoms with Crippen LogP contribution >= 0.6 is 0 Å². The first kappa shape index (κ1) is 24.6. The molecule has 0 amide bonds. The Kier molecular flexibility index (Phi) is 7.54. The summed E-state index contributed by atoms with van der Waals surface area (Å²) in [6.45, 7) is 10.3. The van der Waals surface area contributed by atoms with E-state index in [0.29, 0.717) is 5.92 Å². The van der Waals surface area contributed by atoms with E-state index in [0.717, 1.165) is 50.2 Å². The van der Waals surface area contributed by atoms with Gasteiger partial charge < -0.3 is 20.5 Å². The number of nitrogens with one attached hydrogen (secondary N) is 2. The number of hydrogen-bond donors (Lipinski definition) is 3. The third-order valence-corrected chi connectivity index (χ3v) is 7.59. The van der Waals surface area contributed by atoms with E-state index in [4.69, 9.17) is 4.74 Å². The highest BCUT2D eigenvalue weighted by atomic mass is 16.5. The summed E-state index contributed by atoms with van der Waals surface area (Å²) >= 11 is 0. The number of rotatable bonds is 6. The van der Waals surface area contributed by atoms with Crippen LogP contribution in [0.15, 0.2) is 65.6 Å². The van der Waals surface area contributed by atoms with Gasteiger partial charge >= 0.3 is 0 Å². The second-order valence-corrected chi connectivity index (χ2v) is 10.1. The van der Waals surface area contributed by atoms with Crippen LogP contribution in [0.25, 0.3) is 0 Å². The molecule has 0 bridgehead atoms. The summed E-state index contributed by atoms with van der Waals surface area (Å²) in [5.41, 5.74) is 5.93. The molecule has 1 aromatic rings. The molecule has 1 spiro atoms. The lowest BCUT2D eigenvalue weighted by Crippen LogP contribution is -2.56. The van der Waals surface area contributed by atoms with Crippen LogP contribution < -0.4 is 10.6 Å². The standard InChI is InChI=1S/C29H41N3O2/c1-6-8-22(7-2)18-27-29(31-26-17-20(3)9-10-25(26)30-27)11-13-32(14-12-29)28(33)23-15-21(4)16-24(19-23)34-5/h6,8-10,16-19,22-23,28,30-31,33H,7,11-15H2,1-5H3/b8-6?,27-18-. The minimum atomic E-state index is -0.504. The summed E-state index contributed by atoms with van der Waals surface area (Å²) in [6.07, 6.45) is 14.3. The van der Waals surface area contributed by atoms with Crippen LogP contribution in [0.2, 0.25) is 0 Å². The van der Waals surface area contributed by atoms with Crippen molar-refractivity contribution in [1.29, 1.82) is 0 Å². The highest BCUT2D eigenvalue weighted by Crippen LogP contribution is 2.43. The van der Waals surface area contributed by atoms with E-state index < -0.39 is 6.23 Å². The van der Waals surface area contributed by atoms with Crippen LogP contribution in [0.1, 0.15) is 52.0 Å². The Balaban J connectivity index is 1.56. The van der Waals surface area contributed by atoms with Gasteiger partial charge in [0.15, 0.2) is 0 Å². The number of aliphatic hydroxyl groups excluding tert-OH is 1. The zero-order valence-corrected chi connectivity index (χ0v) is 21.4. The molecule has 3 atom stereocenters. The second-order valence-electron chi connectivity index (χ2n) is 10.1. The molecule has 34 heavy (non-hydrogen) atoms. The average molecular weight is 464 g/mol. The Hall–Kier alpha value is -2.50. The maximum atomic E-state index is 11.3. The number of likely N-dealkylation sites (tertiary alicyclic amines) is 1. The Morgan fingerprint density at radius 1 is 1.24 bits per heavy atom. The highest BCUT2D eigenvalue weighted by Gasteiger charge is 2.43. The maximum Gasteiger partial charge on any atom is 0.115 e. The quantitative estimate of drug-likeness (QED) is 0.454. The molecule has 3 aliphatic rings. The molecule has 4 rings (SSSR count). The van der Waals surface area contributed by atoms with Crippen molar-refractivity contribution in [3.05, 3.63) is 71.2 Å². The van der Waals surface area contributed by atoms with E-state index in [2.05, 4.69) is 91.8 Å². The molecule has 1 aromatic carbocycles. The first-order valence-corrected chi connectivity index (χ1v) is 12.7. The lowest BCUT2D eigenvalue weighted by Gasteiger charge is -2.49. The number of aryl methyl sites for hydroxylation is 1. The van der Waals surface area contributed by atoms with Gasteiger partial charge in [-0.3, -0.25) is 4.90 Å². The van der Waals surface area contributed by atoms with Gasteiger partial charge in [0.25, 0.3) is 0 Å². The van der Waals surface area contributed by atoms with E-state index in [9.17, 15) is 5.11 Å². The summed E-state index contributed by atoms with van der Waals surface area (Å²) in [6, 6.07) is 6.57. The first-order chi connectivity index (χ1) is 16.4. The molecule has 1 fully saturated rings. The molecular weight excluding hydrogens is 422 g/mol. The summed E-state index contributed by atoms with van der Waals surface area (Å²) in [4.78, 5) is 2.24. The molecule has 3 unspecified atom stereocenters. The van der Waals surface area contributed by atoms with E-state index in [1.165, 1.54) is 22.5 Å². The van der Waals surface area contributed by atoms with Crippen molar-refractivity contribution in [2.45, 2.75) is 65.1 Å². The third-order valence-electron chi connectivity index (χ3n) is 7.59. The van der Waals surface area contributed by atoms with Crippen molar-refractivity contribution in [3.63, 3.8) is 0 Å². The fourth-order valence-electron chi connectivity index (χ4n) is 5.58. The van der Waals surface area contributed by atoms with Gasteiger partial charge in [-0.1, -0.05) is 36.8 Å². The van der Waals surface area contributed by atoms with Crippen LogP contribution in [-0.2, 0) is 4.74 Å². The van der Waals surface area contributed by atoms with Crippen molar-refractivity contribution in [1.82, 2.24) is 4.90 Å². The minimum Gasteiger partial charge on any atom is -0.497 e. The number of ether oxygens (including phenoxy) is 1. The third kappa shape index (κ3) is 5.11. The Bertz CT molecular complexity index is 999. The Morgan fingerprint density at radius 2 is 2.00 bits per heavy atom. The summed E-state index contributed by atoms with van der Waals surface area (Å²) < 4.78 is 5.47. The lowest BCUT2D eigenvalue weighted by molar-refractivity contribution is -0.0433. The number of nitrogens with zero attached hydrogens (tertiary/aromatic N) is 1. The second kappa shape index (κ2) is 10.4. The van der Waals surface area contributed by atoms with Crippen molar-refractivity contribution in [3.8, 4) is 0 Å². The molecule has 3 N–H and O–H groups in total. The molecule has 2 aliphatic heterocycles. The number of aliphatic hydroxyl groups is 1. The van der Waals surface area contributed by atoms with Crippen LogP contribution in [0.3, 0.4) is 0 Å². The predicted molar refractivity (Wildman–Crippen MR) is 142 cm³/mol. The fraction of sp³-hybridized carbons (Fsp3) is 0.517. The largest absolute Gasteiger partial charge is 0.497 e. The van der Waals surface area contributed by atoms with Crippen LogP contribution in [-0.4, -0.2) is 42.0 Å². The maximum absolute atomic E-state index is 11.3. The van der Waals surface area contributed by atoms with Gasteiger partial charge in [-0.25, -0.2) is 0 Å². The molecule has 1 saturated heterocycles. The monoisotopic (exact) mass is 463 g/mol. The van der Waals surface area contributed by atoms with Gasteiger partial charge in [-0.15, -0.1) is 0 Å². The van der Waals surface area contributed by atoms with E-state index in [1.807, 2.05) is 0 Å².